The van der Waals surface area contributed by atoms with Crippen LogP contribution >= 0.6 is 11.6 Å². The van der Waals surface area contributed by atoms with Gasteiger partial charge in [-0.2, -0.15) is 0 Å². The first-order valence-corrected chi connectivity index (χ1v) is 7.23. The molecule has 0 unspecified atom stereocenters. The number of benzene rings is 2. The Morgan fingerprint density at radius 3 is 2.52 bits per heavy atom. The van der Waals surface area contributed by atoms with Gasteiger partial charge in [-0.15, -0.1) is 0 Å². The minimum absolute atomic E-state index is 0.0249. The molecule has 0 radical (unpaired) electrons. The summed E-state index contributed by atoms with van der Waals surface area (Å²) in [5.41, 5.74) is 1.67. The van der Waals surface area contributed by atoms with Gasteiger partial charge in [0.1, 0.15) is 5.82 Å². The smallest absolute Gasteiger partial charge is 0.227 e. The third-order valence-electron chi connectivity index (χ3n) is 3.24. The molecule has 0 aliphatic rings. The maximum Gasteiger partial charge on any atom is 0.227 e. The van der Waals surface area contributed by atoms with E-state index in [0.717, 1.165) is 5.56 Å². The molecule has 0 spiro atoms. The highest BCUT2D eigenvalue weighted by Gasteiger charge is 2.13. The molecule has 110 valence electrons. The number of hydrogen-bond donors (Lipinski definition) is 0. The molecule has 2 aromatic carbocycles. The molecule has 0 aliphatic heterocycles. The molecule has 1 amide bonds. The highest BCUT2D eigenvalue weighted by molar-refractivity contribution is 6.30. The summed E-state index contributed by atoms with van der Waals surface area (Å²) in [6.45, 7) is 3.03. The Labute approximate surface area is 129 Å². The average Bonchev–Trinajstić information content (AvgIpc) is 2.44. The molecule has 0 bridgehead atoms. The van der Waals surface area contributed by atoms with E-state index in [1.807, 2.05) is 25.1 Å². The van der Waals surface area contributed by atoms with Crippen LogP contribution in [0.25, 0.3) is 0 Å². The van der Waals surface area contributed by atoms with Gasteiger partial charge in [0.15, 0.2) is 0 Å². The van der Waals surface area contributed by atoms with E-state index >= 15 is 0 Å². The lowest BCUT2D eigenvalue weighted by molar-refractivity contribution is -0.130. The largest absolute Gasteiger partial charge is 0.338 e. The predicted molar refractivity (Wildman–Crippen MR) is 82.6 cm³/mol. The van der Waals surface area contributed by atoms with Crippen LogP contribution < -0.4 is 0 Å². The minimum Gasteiger partial charge on any atom is -0.338 e. The molecular weight excluding hydrogens is 289 g/mol. The van der Waals surface area contributed by atoms with Gasteiger partial charge in [-0.3, -0.25) is 4.79 Å². The zero-order chi connectivity index (χ0) is 15.2. The second-order valence-electron chi connectivity index (χ2n) is 4.84. The van der Waals surface area contributed by atoms with Crippen molar-refractivity contribution in [3.8, 4) is 0 Å². The van der Waals surface area contributed by atoms with E-state index in [9.17, 15) is 9.18 Å². The van der Waals surface area contributed by atoms with E-state index in [0.29, 0.717) is 23.7 Å². The molecule has 0 atom stereocenters. The SMILES string of the molecule is CCN(Cc1cccc(Cl)c1)C(=O)Cc1cccc(F)c1. The second kappa shape index (κ2) is 7.23. The van der Waals surface area contributed by atoms with E-state index in [2.05, 4.69) is 0 Å². The fraction of sp³-hybridized carbons (Fsp3) is 0.235. The third kappa shape index (κ3) is 4.57. The zero-order valence-electron chi connectivity index (χ0n) is 11.9. The zero-order valence-corrected chi connectivity index (χ0v) is 12.6. The molecule has 0 fully saturated rings. The number of halogens is 2. The molecule has 2 nitrogen and oxygen atoms in total. The summed E-state index contributed by atoms with van der Waals surface area (Å²) >= 11 is 5.95. The first kappa shape index (κ1) is 15.5. The summed E-state index contributed by atoms with van der Waals surface area (Å²) in [5, 5.41) is 0.654. The summed E-state index contributed by atoms with van der Waals surface area (Å²) in [6, 6.07) is 13.6. The van der Waals surface area contributed by atoms with Crippen LogP contribution in [0.5, 0.6) is 0 Å². The van der Waals surface area contributed by atoms with Crippen molar-refractivity contribution >= 4 is 17.5 Å². The topological polar surface area (TPSA) is 20.3 Å². The van der Waals surface area contributed by atoms with Crippen molar-refractivity contribution in [3.63, 3.8) is 0 Å². The normalized spacial score (nSPS) is 10.4. The lowest BCUT2D eigenvalue weighted by Gasteiger charge is -2.21. The number of carbonyl (C=O) groups is 1. The maximum absolute atomic E-state index is 13.2. The molecule has 4 heteroatoms. The molecule has 0 heterocycles. The van der Waals surface area contributed by atoms with Crippen LogP contribution in [-0.2, 0) is 17.8 Å². The van der Waals surface area contributed by atoms with Gasteiger partial charge in [-0.25, -0.2) is 4.39 Å². The van der Waals surface area contributed by atoms with Crippen molar-refractivity contribution in [1.82, 2.24) is 4.90 Å². The molecule has 2 rings (SSSR count). The van der Waals surface area contributed by atoms with Crippen LogP contribution in [0.4, 0.5) is 4.39 Å². The first-order valence-electron chi connectivity index (χ1n) is 6.85. The summed E-state index contributed by atoms with van der Waals surface area (Å²) in [4.78, 5) is 14.0. The Hall–Kier alpha value is -1.87. The predicted octanol–water partition coefficient (Wildman–Crippen LogP) is 4.07. The summed E-state index contributed by atoms with van der Waals surface area (Å²) < 4.78 is 13.2. The third-order valence-corrected chi connectivity index (χ3v) is 3.48. The number of hydrogen-bond acceptors (Lipinski definition) is 1. The van der Waals surface area contributed by atoms with Crippen LogP contribution in [0, 0.1) is 5.82 Å². The second-order valence-corrected chi connectivity index (χ2v) is 5.28. The highest BCUT2D eigenvalue weighted by atomic mass is 35.5. The van der Waals surface area contributed by atoms with Crippen LogP contribution in [-0.4, -0.2) is 17.4 Å². The van der Waals surface area contributed by atoms with E-state index < -0.39 is 0 Å². The van der Waals surface area contributed by atoms with E-state index in [-0.39, 0.29) is 18.1 Å². The lowest BCUT2D eigenvalue weighted by Crippen LogP contribution is -2.31. The molecule has 21 heavy (non-hydrogen) atoms. The number of carbonyl (C=O) groups excluding carboxylic acids is 1. The molecule has 2 aromatic rings. The Balaban J connectivity index is 2.05. The van der Waals surface area contributed by atoms with Gasteiger partial charge < -0.3 is 4.90 Å². The minimum atomic E-state index is -0.321. The van der Waals surface area contributed by atoms with Crippen molar-refractivity contribution in [2.75, 3.05) is 6.54 Å². The first-order chi connectivity index (χ1) is 10.1. The standard InChI is InChI=1S/C17H17ClFNO/c1-2-20(12-14-6-3-7-15(18)9-14)17(21)11-13-5-4-8-16(19)10-13/h3-10H,2,11-12H2,1H3. The Bertz CT molecular complexity index is 630. The van der Waals surface area contributed by atoms with Crippen molar-refractivity contribution < 1.29 is 9.18 Å². The van der Waals surface area contributed by atoms with Crippen molar-refractivity contribution in [2.24, 2.45) is 0 Å². The highest BCUT2D eigenvalue weighted by Crippen LogP contribution is 2.14. The Morgan fingerprint density at radius 1 is 1.14 bits per heavy atom. The molecule has 0 saturated carbocycles. The monoisotopic (exact) mass is 305 g/mol. The van der Waals surface area contributed by atoms with Gasteiger partial charge in [-0.05, 0) is 42.3 Å². The van der Waals surface area contributed by atoms with E-state index in [1.165, 1.54) is 12.1 Å². The molecule has 0 N–H and O–H groups in total. The molecular formula is C17H17ClFNO. The van der Waals surface area contributed by atoms with Gasteiger partial charge in [0.05, 0.1) is 6.42 Å². The van der Waals surface area contributed by atoms with Crippen LogP contribution in [0.1, 0.15) is 18.1 Å². The molecule has 0 aromatic heterocycles. The van der Waals surface area contributed by atoms with Crippen molar-refractivity contribution in [2.45, 2.75) is 19.9 Å². The molecule has 0 aliphatic carbocycles. The van der Waals surface area contributed by atoms with Crippen LogP contribution in [0.3, 0.4) is 0 Å². The number of rotatable bonds is 5. The quantitative estimate of drug-likeness (QED) is 0.815. The van der Waals surface area contributed by atoms with Gasteiger partial charge >= 0.3 is 0 Å². The Morgan fingerprint density at radius 2 is 1.86 bits per heavy atom. The van der Waals surface area contributed by atoms with Crippen LogP contribution in [0.2, 0.25) is 5.02 Å². The van der Waals surface area contributed by atoms with E-state index in [1.54, 1.807) is 23.1 Å². The Kier molecular flexibility index (Phi) is 5.34. The van der Waals surface area contributed by atoms with Gasteiger partial charge in [0.2, 0.25) is 5.91 Å². The fourth-order valence-electron chi connectivity index (χ4n) is 2.17. The number of likely N-dealkylation sites (N-methyl/N-ethyl adjacent to an activating group) is 1. The fourth-order valence-corrected chi connectivity index (χ4v) is 2.38. The molecule has 0 saturated heterocycles. The van der Waals surface area contributed by atoms with E-state index in [4.69, 9.17) is 11.6 Å². The number of nitrogens with zero attached hydrogens (tertiary/aromatic N) is 1. The maximum atomic E-state index is 13.2. The lowest BCUT2D eigenvalue weighted by atomic mass is 10.1. The van der Waals surface area contributed by atoms with Gasteiger partial charge in [0, 0.05) is 18.1 Å². The van der Waals surface area contributed by atoms with Gasteiger partial charge in [0.25, 0.3) is 0 Å². The number of amides is 1. The summed E-state index contributed by atoms with van der Waals surface area (Å²) in [7, 11) is 0. The average molecular weight is 306 g/mol. The summed E-state index contributed by atoms with van der Waals surface area (Å²) in [6.07, 6.45) is 0.201. The van der Waals surface area contributed by atoms with Gasteiger partial charge in [-0.1, -0.05) is 35.9 Å². The van der Waals surface area contributed by atoms with Crippen molar-refractivity contribution in [3.05, 3.63) is 70.5 Å². The van der Waals surface area contributed by atoms with Crippen LogP contribution in [0.15, 0.2) is 48.5 Å². The van der Waals surface area contributed by atoms with Crippen molar-refractivity contribution in [1.29, 1.82) is 0 Å². The summed E-state index contributed by atoms with van der Waals surface area (Å²) in [5.74, 6) is -0.346.